The molecule has 1 saturated carbocycles. The second kappa shape index (κ2) is 4.73. The molecule has 2 aliphatic rings. The number of nitrogens with zero attached hydrogens (tertiary/aromatic N) is 3. The van der Waals surface area contributed by atoms with Crippen LogP contribution in [0.15, 0.2) is 12.3 Å². The summed E-state index contributed by atoms with van der Waals surface area (Å²) in [7, 11) is 0. The van der Waals surface area contributed by atoms with Gasteiger partial charge in [0.1, 0.15) is 5.60 Å². The number of amides is 1. The fraction of sp³-hybridized carbons (Fsp3) is 0.733. The Bertz CT molecular complexity index is 536. The Balaban J connectivity index is 1.57. The second-order valence-electron chi connectivity index (χ2n) is 7.35. The van der Waals surface area contributed by atoms with Gasteiger partial charge in [-0.25, -0.2) is 4.79 Å². The summed E-state index contributed by atoms with van der Waals surface area (Å²) in [6, 6.07) is 2.27. The van der Waals surface area contributed by atoms with Gasteiger partial charge >= 0.3 is 6.09 Å². The molecule has 1 amide bonds. The molecule has 2 N–H and O–H groups in total. The largest absolute Gasteiger partial charge is 0.444 e. The van der Waals surface area contributed by atoms with Crippen LogP contribution in [0.25, 0.3) is 0 Å². The third-order valence-corrected chi connectivity index (χ3v) is 4.04. The van der Waals surface area contributed by atoms with Gasteiger partial charge in [0.2, 0.25) is 0 Å². The van der Waals surface area contributed by atoms with E-state index in [4.69, 9.17) is 10.5 Å². The van der Waals surface area contributed by atoms with Crippen molar-refractivity contribution in [1.29, 1.82) is 0 Å². The monoisotopic (exact) mass is 292 g/mol. The number of rotatable bonds is 3. The summed E-state index contributed by atoms with van der Waals surface area (Å²) < 4.78 is 7.39. The summed E-state index contributed by atoms with van der Waals surface area (Å²) >= 11 is 0. The molecule has 21 heavy (non-hydrogen) atoms. The molecule has 0 radical (unpaired) electrons. The van der Waals surface area contributed by atoms with Crippen LogP contribution in [0.2, 0.25) is 0 Å². The van der Waals surface area contributed by atoms with Gasteiger partial charge in [-0.05, 0) is 39.7 Å². The molecule has 116 valence electrons. The van der Waals surface area contributed by atoms with Crippen LogP contribution in [-0.2, 0) is 11.2 Å². The topological polar surface area (TPSA) is 73.4 Å². The molecule has 1 aliphatic heterocycles. The molecule has 0 atom stereocenters. The first-order chi connectivity index (χ1) is 9.76. The minimum absolute atomic E-state index is 0.0214. The van der Waals surface area contributed by atoms with Gasteiger partial charge in [0.05, 0.1) is 6.04 Å². The normalized spacial score (nSPS) is 21.0. The summed E-state index contributed by atoms with van der Waals surface area (Å²) in [6.07, 6.45) is 4.62. The second-order valence-corrected chi connectivity index (χ2v) is 7.35. The van der Waals surface area contributed by atoms with Gasteiger partial charge in [0.25, 0.3) is 0 Å². The van der Waals surface area contributed by atoms with Crippen LogP contribution in [-0.4, -0.2) is 45.0 Å². The lowest BCUT2D eigenvalue weighted by Crippen LogP contribution is -2.52. The van der Waals surface area contributed by atoms with Crippen molar-refractivity contribution in [3.8, 4) is 0 Å². The Morgan fingerprint density at radius 1 is 1.48 bits per heavy atom. The van der Waals surface area contributed by atoms with E-state index in [-0.39, 0.29) is 17.7 Å². The predicted octanol–water partition coefficient (Wildman–Crippen LogP) is 1.71. The lowest BCUT2D eigenvalue weighted by Gasteiger charge is -2.40. The SMILES string of the molecule is CC(C)(C)OC(=O)N1CC(n2nccc2CC2(N)CC2)C1. The summed E-state index contributed by atoms with van der Waals surface area (Å²) in [5, 5.41) is 4.40. The summed E-state index contributed by atoms with van der Waals surface area (Å²) in [4.78, 5) is 13.7. The molecule has 3 rings (SSSR count). The third kappa shape index (κ3) is 3.20. The van der Waals surface area contributed by atoms with E-state index in [2.05, 4.69) is 5.10 Å². The maximum absolute atomic E-state index is 11.9. The molecule has 6 heteroatoms. The van der Waals surface area contributed by atoms with E-state index >= 15 is 0 Å². The van der Waals surface area contributed by atoms with Gasteiger partial charge in [0.15, 0.2) is 0 Å². The Labute approximate surface area is 125 Å². The zero-order valence-electron chi connectivity index (χ0n) is 13.0. The average molecular weight is 292 g/mol. The Kier molecular flexibility index (Phi) is 3.24. The molecule has 6 nitrogen and oxygen atoms in total. The molecule has 1 saturated heterocycles. The molecule has 1 aromatic heterocycles. The Hall–Kier alpha value is -1.56. The molecule has 2 fully saturated rings. The minimum Gasteiger partial charge on any atom is -0.444 e. The quantitative estimate of drug-likeness (QED) is 0.920. The van der Waals surface area contributed by atoms with Gasteiger partial charge in [-0.2, -0.15) is 5.10 Å². The number of likely N-dealkylation sites (tertiary alicyclic amines) is 1. The van der Waals surface area contributed by atoms with Crippen LogP contribution in [0.5, 0.6) is 0 Å². The highest BCUT2D eigenvalue weighted by Gasteiger charge is 2.41. The predicted molar refractivity (Wildman–Crippen MR) is 78.9 cm³/mol. The standard InChI is InChI=1S/C15H24N4O2/c1-14(2,3)21-13(20)18-9-12(10-18)19-11(4-7-17-19)8-15(16)5-6-15/h4,7,12H,5-6,8-10,16H2,1-3H3. The van der Waals surface area contributed by atoms with E-state index in [0.717, 1.165) is 19.3 Å². The van der Waals surface area contributed by atoms with Crippen molar-refractivity contribution < 1.29 is 9.53 Å². The highest BCUT2D eigenvalue weighted by molar-refractivity contribution is 5.69. The Morgan fingerprint density at radius 2 is 2.14 bits per heavy atom. The van der Waals surface area contributed by atoms with Crippen molar-refractivity contribution in [2.24, 2.45) is 5.73 Å². The number of ether oxygens (including phenoxy) is 1. The van der Waals surface area contributed by atoms with Gasteiger partial charge < -0.3 is 15.4 Å². The minimum atomic E-state index is -0.447. The third-order valence-electron chi connectivity index (χ3n) is 4.04. The Morgan fingerprint density at radius 3 is 2.71 bits per heavy atom. The molecule has 0 bridgehead atoms. The number of carbonyl (C=O) groups excluding carboxylic acids is 1. The zero-order valence-corrected chi connectivity index (χ0v) is 13.0. The highest BCUT2D eigenvalue weighted by Crippen LogP contribution is 2.36. The number of nitrogens with two attached hydrogens (primary N) is 1. The molecular weight excluding hydrogens is 268 g/mol. The van der Waals surface area contributed by atoms with Crippen molar-refractivity contribution in [1.82, 2.24) is 14.7 Å². The van der Waals surface area contributed by atoms with Gasteiger partial charge in [-0.15, -0.1) is 0 Å². The summed E-state index contributed by atoms with van der Waals surface area (Å²) in [5.74, 6) is 0. The number of aromatic nitrogens is 2. The van der Waals surface area contributed by atoms with Crippen molar-refractivity contribution in [3.63, 3.8) is 0 Å². The van der Waals surface area contributed by atoms with E-state index in [1.807, 2.05) is 37.7 Å². The molecule has 0 spiro atoms. The van der Waals surface area contributed by atoms with E-state index in [1.54, 1.807) is 4.90 Å². The fourth-order valence-corrected chi connectivity index (χ4v) is 2.59. The summed E-state index contributed by atoms with van der Waals surface area (Å²) in [6.45, 7) is 6.95. The molecule has 1 aromatic rings. The molecule has 1 aliphatic carbocycles. The van der Waals surface area contributed by atoms with Crippen LogP contribution in [0.3, 0.4) is 0 Å². The first kappa shape index (κ1) is 14.4. The van der Waals surface area contributed by atoms with E-state index < -0.39 is 5.60 Å². The number of carbonyl (C=O) groups is 1. The molecule has 2 heterocycles. The highest BCUT2D eigenvalue weighted by atomic mass is 16.6. The van der Waals surface area contributed by atoms with Gasteiger partial charge in [0, 0.05) is 36.9 Å². The average Bonchev–Trinajstić information content (AvgIpc) is 2.82. The zero-order chi connectivity index (χ0) is 15.3. The van der Waals surface area contributed by atoms with Crippen LogP contribution in [0, 0.1) is 0 Å². The molecular formula is C15H24N4O2. The van der Waals surface area contributed by atoms with Crippen molar-refractivity contribution in [2.45, 2.75) is 57.2 Å². The van der Waals surface area contributed by atoms with Crippen molar-refractivity contribution in [2.75, 3.05) is 13.1 Å². The smallest absolute Gasteiger partial charge is 0.410 e. The van der Waals surface area contributed by atoms with Crippen molar-refractivity contribution >= 4 is 6.09 Å². The lowest BCUT2D eigenvalue weighted by atomic mass is 10.1. The van der Waals surface area contributed by atoms with Gasteiger partial charge in [-0.1, -0.05) is 0 Å². The van der Waals surface area contributed by atoms with Crippen LogP contribution in [0.1, 0.15) is 45.3 Å². The van der Waals surface area contributed by atoms with Crippen LogP contribution >= 0.6 is 0 Å². The number of hydrogen-bond acceptors (Lipinski definition) is 4. The summed E-state index contributed by atoms with van der Waals surface area (Å²) in [5.41, 5.74) is 6.89. The maximum atomic E-state index is 11.9. The maximum Gasteiger partial charge on any atom is 0.410 e. The number of hydrogen-bond donors (Lipinski definition) is 1. The fourth-order valence-electron chi connectivity index (χ4n) is 2.59. The lowest BCUT2D eigenvalue weighted by molar-refractivity contribution is -0.000805. The van der Waals surface area contributed by atoms with E-state index in [9.17, 15) is 4.79 Å². The van der Waals surface area contributed by atoms with E-state index in [1.165, 1.54) is 5.69 Å². The molecule has 0 aromatic carbocycles. The first-order valence-electron chi connectivity index (χ1n) is 7.55. The van der Waals surface area contributed by atoms with Crippen LogP contribution in [0.4, 0.5) is 4.79 Å². The first-order valence-corrected chi connectivity index (χ1v) is 7.55. The van der Waals surface area contributed by atoms with Gasteiger partial charge in [-0.3, -0.25) is 4.68 Å². The van der Waals surface area contributed by atoms with Crippen molar-refractivity contribution in [3.05, 3.63) is 18.0 Å². The van der Waals surface area contributed by atoms with Crippen LogP contribution < -0.4 is 5.73 Å². The van der Waals surface area contributed by atoms with E-state index in [0.29, 0.717) is 13.1 Å². The molecule has 0 unspecified atom stereocenters.